The van der Waals surface area contributed by atoms with Crippen LogP contribution in [0.25, 0.3) is 0 Å². The molecular weight excluding hydrogens is 150 g/mol. The minimum absolute atomic E-state index is 0.933. The summed E-state index contributed by atoms with van der Waals surface area (Å²) in [6.45, 7) is 0. The van der Waals surface area contributed by atoms with Crippen molar-refractivity contribution in [3.8, 4) is 0 Å². The second-order valence-corrected chi connectivity index (χ2v) is 1.48. The van der Waals surface area contributed by atoms with E-state index < -0.39 is 17.5 Å². The van der Waals surface area contributed by atoms with Gasteiger partial charge >= 0.3 is 17.5 Å². The summed E-state index contributed by atoms with van der Waals surface area (Å²) in [4.78, 5) is 13.7. The highest BCUT2D eigenvalue weighted by molar-refractivity contribution is 7.74. The van der Waals surface area contributed by atoms with Gasteiger partial charge in [-0.2, -0.15) is 4.21 Å². The van der Waals surface area contributed by atoms with Gasteiger partial charge in [-0.05, 0) is 4.33 Å². The molecule has 0 aromatic heterocycles. The van der Waals surface area contributed by atoms with Crippen LogP contribution < -0.4 is 5.32 Å². The monoisotopic (exact) mass is 155 g/mol. The summed E-state index contributed by atoms with van der Waals surface area (Å²) < 4.78 is 21.0. The molecule has 0 bridgehead atoms. The normalized spacial score (nSPS) is 12.2. The van der Waals surface area contributed by atoms with Crippen molar-refractivity contribution in [3.05, 3.63) is 0 Å². The van der Waals surface area contributed by atoms with Crippen molar-refractivity contribution in [2.24, 2.45) is 0 Å². The fourth-order valence-electron chi connectivity index (χ4n) is 0.102. The number of nitrogens with one attached hydrogen (secondary N) is 1. The molecule has 7 heteroatoms. The summed E-state index contributed by atoms with van der Waals surface area (Å²) >= 11 is -2.57. The van der Waals surface area contributed by atoms with Crippen LogP contribution in [0.3, 0.4) is 0 Å². The molecule has 0 aliphatic carbocycles. The number of amides is 1. The van der Waals surface area contributed by atoms with Gasteiger partial charge in [-0.15, -0.1) is 0 Å². The molecule has 0 rings (SSSR count). The third-order valence-corrected chi connectivity index (χ3v) is 0.556. The summed E-state index contributed by atoms with van der Waals surface area (Å²) in [6.07, 6.45) is -0.933. The molecule has 0 aliphatic heterocycles. The molecule has 1 unspecified atom stereocenters. The Morgan fingerprint density at radius 3 is 2.67 bits per heavy atom. The zero-order valence-corrected chi connectivity index (χ0v) is 5.30. The Balaban J connectivity index is 3.28. The van der Waals surface area contributed by atoms with Crippen molar-refractivity contribution in [3.63, 3.8) is 0 Å². The maximum atomic E-state index is 10.0. The van der Waals surface area contributed by atoms with Crippen LogP contribution in [-0.2, 0) is 20.6 Å². The van der Waals surface area contributed by atoms with Crippen molar-refractivity contribution < 1.29 is 22.8 Å². The molecule has 0 aromatic carbocycles. The van der Waals surface area contributed by atoms with E-state index in [2.05, 4.69) is 9.22 Å². The second kappa shape index (κ2) is 4.24. The topological polar surface area (TPSA) is 84.9 Å². The van der Waals surface area contributed by atoms with Gasteiger partial charge in [-0.1, -0.05) is 0 Å². The first-order valence-electron chi connectivity index (χ1n) is 1.84. The van der Waals surface area contributed by atoms with Gasteiger partial charge in [0, 0.05) is 7.05 Å². The van der Waals surface area contributed by atoms with E-state index in [-0.39, 0.29) is 0 Å². The van der Waals surface area contributed by atoms with Crippen LogP contribution >= 0.6 is 0 Å². The standard InChI is InChI=1S/C2H5NO5S/c1-3-2(4)7-8-9(5)6/h1H3,(H,3,4)(H,5,6). The Morgan fingerprint density at radius 1 is 1.78 bits per heavy atom. The number of hydrogen-bond donors (Lipinski definition) is 2. The predicted molar refractivity (Wildman–Crippen MR) is 27.4 cm³/mol. The van der Waals surface area contributed by atoms with Crippen LogP contribution in [0.4, 0.5) is 4.79 Å². The first-order chi connectivity index (χ1) is 4.16. The fourth-order valence-corrected chi connectivity index (χ4v) is 0.222. The molecule has 0 fully saturated rings. The van der Waals surface area contributed by atoms with E-state index in [9.17, 15) is 9.00 Å². The Bertz CT molecular complexity index is 124. The van der Waals surface area contributed by atoms with Crippen molar-refractivity contribution in [1.82, 2.24) is 5.32 Å². The lowest BCUT2D eigenvalue weighted by atomic mass is 11.1. The zero-order chi connectivity index (χ0) is 7.28. The summed E-state index contributed by atoms with van der Waals surface area (Å²) in [5.41, 5.74) is 0. The number of carbonyl (C=O) groups excluding carboxylic acids is 1. The number of rotatable bonds is 2. The highest BCUT2D eigenvalue weighted by Gasteiger charge is 2.00. The van der Waals surface area contributed by atoms with Crippen molar-refractivity contribution >= 4 is 17.5 Å². The molecule has 0 spiro atoms. The van der Waals surface area contributed by atoms with Gasteiger partial charge in [0.25, 0.3) is 0 Å². The van der Waals surface area contributed by atoms with Gasteiger partial charge < -0.3 is 5.32 Å². The van der Waals surface area contributed by atoms with E-state index in [0.717, 1.165) is 0 Å². The summed E-state index contributed by atoms with van der Waals surface area (Å²) in [5, 5.41) is 1.99. The Morgan fingerprint density at radius 2 is 2.33 bits per heavy atom. The quantitative estimate of drug-likeness (QED) is 0.316. The summed E-state index contributed by atoms with van der Waals surface area (Å²) in [5.74, 6) is 0. The maximum absolute atomic E-state index is 10.0. The highest BCUT2D eigenvalue weighted by atomic mass is 32.2. The molecule has 0 aromatic rings. The highest BCUT2D eigenvalue weighted by Crippen LogP contribution is 1.81. The first-order valence-corrected chi connectivity index (χ1v) is 2.87. The molecule has 0 saturated heterocycles. The summed E-state index contributed by atoms with van der Waals surface area (Å²) in [7, 11) is 1.28. The Labute approximate surface area is 53.6 Å². The average molecular weight is 155 g/mol. The summed E-state index contributed by atoms with van der Waals surface area (Å²) in [6, 6.07) is 0. The van der Waals surface area contributed by atoms with Crippen LogP contribution in [0, 0.1) is 0 Å². The lowest BCUT2D eigenvalue weighted by Crippen LogP contribution is -2.19. The average Bonchev–Trinajstić information content (AvgIpc) is 1.83. The Kier molecular flexibility index (Phi) is 3.93. The maximum Gasteiger partial charge on any atom is 0.440 e. The van der Waals surface area contributed by atoms with Crippen LogP contribution in [-0.4, -0.2) is 21.9 Å². The molecule has 1 amide bonds. The van der Waals surface area contributed by atoms with Crippen LogP contribution in [0.5, 0.6) is 0 Å². The SMILES string of the molecule is CNC(=O)OOS(=O)O. The lowest BCUT2D eigenvalue weighted by molar-refractivity contribution is -0.136. The molecule has 9 heavy (non-hydrogen) atoms. The molecule has 6 nitrogen and oxygen atoms in total. The number of hydrogen-bond acceptors (Lipinski definition) is 4. The minimum Gasteiger partial charge on any atom is -0.322 e. The molecule has 0 saturated carbocycles. The van der Waals surface area contributed by atoms with E-state index in [1.807, 2.05) is 5.32 Å². The van der Waals surface area contributed by atoms with E-state index in [1.165, 1.54) is 7.05 Å². The Hall–Kier alpha value is -0.660. The van der Waals surface area contributed by atoms with E-state index >= 15 is 0 Å². The van der Waals surface area contributed by atoms with Gasteiger partial charge in [0.2, 0.25) is 0 Å². The van der Waals surface area contributed by atoms with E-state index in [0.29, 0.717) is 0 Å². The zero-order valence-electron chi connectivity index (χ0n) is 4.49. The van der Waals surface area contributed by atoms with E-state index in [4.69, 9.17) is 4.55 Å². The largest absolute Gasteiger partial charge is 0.440 e. The minimum atomic E-state index is -2.57. The van der Waals surface area contributed by atoms with Crippen LogP contribution in [0.2, 0.25) is 0 Å². The molecule has 0 aliphatic rings. The second-order valence-electron chi connectivity index (χ2n) is 0.906. The van der Waals surface area contributed by atoms with E-state index in [1.54, 1.807) is 0 Å². The molecule has 0 radical (unpaired) electrons. The van der Waals surface area contributed by atoms with Crippen LogP contribution in [0.15, 0.2) is 0 Å². The van der Waals surface area contributed by atoms with Gasteiger partial charge in [0.15, 0.2) is 0 Å². The molecule has 54 valence electrons. The van der Waals surface area contributed by atoms with Crippen molar-refractivity contribution in [1.29, 1.82) is 0 Å². The van der Waals surface area contributed by atoms with Crippen molar-refractivity contribution in [2.75, 3.05) is 7.05 Å². The molecule has 1 atom stereocenters. The predicted octanol–water partition coefficient (Wildman–Crippen LogP) is -0.589. The van der Waals surface area contributed by atoms with Gasteiger partial charge in [-0.3, -0.25) is 9.44 Å². The molecular formula is C2H5NO5S. The number of carbonyl (C=O) groups is 1. The fraction of sp³-hybridized carbons (Fsp3) is 0.500. The lowest BCUT2D eigenvalue weighted by Gasteiger charge is -1.94. The smallest absolute Gasteiger partial charge is 0.322 e. The van der Waals surface area contributed by atoms with Gasteiger partial charge in [-0.25, -0.2) is 4.79 Å². The van der Waals surface area contributed by atoms with Crippen LogP contribution in [0.1, 0.15) is 0 Å². The van der Waals surface area contributed by atoms with Gasteiger partial charge in [0.1, 0.15) is 0 Å². The van der Waals surface area contributed by atoms with Crippen molar-refractivity contribution in [2.45, 2.75) is 0 Å². The third-order valence-electron chi connectivity index (χ3n) is 0.372. The molecule has 2 N–H and O–H groups in total. The van der Waals surface area contributed by atoms with Gasteiger partial charge in [0.05, 0.1) is 0 Å². The third kappa shape index (κ3) is 5.21. The first kappa shape index (κ1) is 8.34. The molecule has 0 heterocycles.